The van der Waals surface area contributed by atoms with E-state index >= 15 is 0 Å². The molecule has 0 radical (unpaired) electrons. The first-order chi connectivity index (χ1) is 9.47. The van der Waals surface area contributed by atoms with Gasteiger partial charge in [0.15, 0.2) is 0 Å². The van der Waals surface area contributed by atoms with Crippen molar-refractivity contribution >= 4 is 24.2 Å². The fraction of sp³-hybridized carbons (Fsp3) is 0.0769. The van der Waals surface area contributed by atoms with Crippen molar-refractivity contribution in [3.05, 3.63) is 58.6 Å². The molecule has 0 aliphatic rings. The van der Waals surface area contributed by atoms with E-state index in [4.69, 9.17) is 26.4 Å². The summed E-state index contributed by atoms with van der Waals surface area (Å²) in [4.78, 5) is 0. The van der Waals surface area contributed by atoms with Gasteiger partial charge in [0, 0.05) is 11.5 Å². The molecule has 2 aromatic carbocycles. The van der Waals surface area contributed by atoms with Crippen molar-refractivity contribution in [2.24, 2.45) is 0 Å². The molecule has 104 valence electrons. The first-order valence-corrected chi connectivity index (χ1v) is 6.07. The summed E-state index contributed by atoms with van der Waals surface area (Å²) in [7, 11) is -1.78. The van der Waals surface area contributed by atoms with Gasteiger partial charge in [0.25, 0.3) is 0 Å². The number of ether oxygens (including phenoxy) is 1. The lowest BCUT2D eigenvalue weighted by Crippen LogP contribution is -2.31. The SMILES string of the molecule is OB(O)c1ccc(F)cc1OCc1ccc(F)c(Cl)c1. The first-order valence-electron chi connectivity index (χ1n) is 5.69. The summed E-state index contributed by atoms with van der Waals surface area (Å²) in [5.74, 6) is -1.12. The molecular weight excluding hydrogens is 288 g/mol. The normalized spacial score (nSPS) is 10.4. The molecule has 0 aliphatic carbocycles. The van der Waals surface area contributed by atoms with Crippen LogP contribution in [0.1, 0.15) is 5.56 Å². The van der Waals surface area contributed by atoms with Gasteiger partial charge in [0.1, 0.15) is 24.0 Å². The van der Waals surface area contributed by atoms with Crippen LogP contribution in [0.5, 0.6) is 5.75 Å². The third kappa shape index (κ3) is 3.48. The molecule has 0 spiro atoms. The molecule has 0 heterocycles. The van der Waals surface area contributed by atoms with Gasteiger partial charge < -0.3 is 14.8 Å². The molecule has 2 N–H and O–H groups in total. The largest absolute Gasteiger partial charge is 0.492 e. The number of halogens is 3. The van der Waals surface area contributed by atoms with Crippen LogP contribution < -0.4 is 10.2 Å². The van der Waals surface area contributed by atoms with Gasteiger partial charge in [0.05, 0.1) is 5.02 Å². The monoisotopic (exact) mass is 298 g/mol. The van der Waals surface area contributed by atoms with Gasteiger partial charge in [-0.15, -0.1) is 0 Å². The molecule has 0 saturated carbocycles. The lowest BCUT2D eigenvalue weighted by atomic mass is 9.79. The van der Waals surface area contributed by atoms with Crippen molar-refractivity contribution in [3.8, 4) is 5.75 Å². The topological polar surface area (TPSA) is 49.7 Å². The Balaban J connectivity index is 2.17. The van der Waals surface area contributed by atoms with E-state index in [0.717, 1.165) is 12.1 Å². The molecule has 0 bridgehead atoms. The molecule has 20 heavy (non-hydrogen) atoms. The zero-order chi connectivity index (χ0) is 14.7. The Labute approximate surface area is 119 Å². The maximum absolute atomic E-state index is 13.1. The third-order valence-corrected chi connectivity index (χ3v) is 2.92. The minimum Gasteiger partial charge on any atom is -0.489 e. The average Bonchev–Trinajstić information content (AvgIpc) is 2.40. The lowest BCUT2D eigenvalue weighted by molar-refractivity contribution is 0.305. The fourth-order valence-corrected chi connectivity index (χ4v) is 1.84. The standard InChI is InChI=1S/C13H10BClF2O3/c15-11-5-8(1-4-12(11)17)7-20-13-6-9(16)2-3-10(13)14(18)19/h1-6,18-19H,7H2. The van der Waals surface area contributed by atoms with Crippen LogP contribution in [0.3, 0.4) is 0 Å². The maximum Gasteiger partial charge on any atom is 0.492 e. The average molecular weight is 298 g/mol. The van der Waals surface area contributed by atoms with E-state index in [1.165, 1.54) is 24.3 Å². The van der Waals surface area contributed by atoms with Crippen molar-refractivity contribution in [2.75, 3.05) is 0 Å². The highest BCUT2D eigenvalue weighted by Gasteiger charge is 2.18. The molecule has 2 rings (SSSR count). The van der Waals surface area contributed by atoms with E-state index in [1.54, 1.807) is 0 Å². The lowest BCUT2D eigenvalue weighted by Gasteiger charge is -2.11. The Morgan fingerprint density at radius 1 is 1.10 bits per heavy atom. The third-order valence-electron chi connectivity index (χ3n) is 2.63. The Hall–Kier alpha value is -1.63. The smallest absolute Gasteiger partial charge is 0.489 e. The molecule has 3 nitrogen and oxygen atoms in total. The zero-order valence-corrected chi connectivity index (χ0v) is 10.9. The highest BCUT2D eigenvalue weighted by molar-refractivity contribution is 6.59. The molecule has 2 aromatic rings. The van der Waals surface area contributed by atoms with Crippen LogP contribution in [0, 0.1) is 11.6 Å². The summed E-state index contributed by atoms with van der Waals surface area (Å²) in [5, 5.41) is 18.3. The first kappa shape index (κ1) is 14.8. The van der Waals surface area contributed by atoms with Gasteiger partial charge in [-0.25, -0.2) is 8.78 Å². The van der Waals surface area contributed by atoms with E-state index in [1.807, 2.05) is 0 Å². The Morgan fingerprint density at radius 2 is 1.85 bits per heavy atom. The number of hydrogen-bond donors (Lipinski definition) is 2. The van der Waals surface area contributed by atoms with Crippen molar-refractivity contribution in [3.63, 3.8) is 0 Å². The predicted octanol–water partition coefficient (Wildman–Crippen LogP) is 1.88. The molecular formula is C13H10BClF2O3. The van der Waals surface area contributed by atoms with Crippen LogP contribution in [0.15, 0.2) is 36.4 Å². The molecule has 0 saturated heterocycles. The number of hydrogen-bond acceptors (Lipinski definition) is 3. The van der Waals surface area contributed by atoms with Crippen molar-refractivity contribution in [1.29, 1.82) is 0 Å². The van der Waals surface area contributed by atoms with Gasteiger partial charge in [-0.2, -0.15) is 0 Å². The van der Waals surface area contributed by atoms with Gasteiger partial charge in [-0.3, -0.25) is 0 Å². The Kier molecular flexibility index (Phi) is 4.59. The van der Waals surface area contributed by atoms with Crippen molar-refractivity contribution in [2.45, 2.75) is 6.61 Å². The summed E-state index contributed by atoms with van der Waals surface area (Å²) in [6, 6.07) is 7.39. The summed E-state index contributed by atoms with van der Waals surface area (Å²) >= 11 is 5.63. The van der Waals surface area contributed by atoms with Gasteiger partial charge in [-0.1, -0.05) is 23.7 Å². The molecule has 0 amide bonds. The predicted molar refractivity (Wildman–Crippen MR) is 72.0 cm³/mol. The van der Waals surface area contributed by atoms with Crippen molar-refractivity contribution < 1.29 is 23.6 Å². The van der Waals surface area contributed by atoms with Gasteiger partial charge >= 0.3 is 7.12 Å². The summed E-state index contributed by atoms with van der Waals surface area (Å²) in [6.45, 7) is -0.0107. The molecule has 0 aliphatic heterocycles. The zero-order valence-electron chi connectivity index (χ0n) is 10.2. The Bertz CT molecular complexity index is 623. The quantitative estimate of drug-likeness (QED) is 0.847. The molecule has 0 fully saturated rings. The van der Waals surface area contributed by atoms with Crippen LogP contribution >= 0.6 is 11.6 Å². The highest BCUT2D eigenvalue weighted by Crippen LogP contribution is 2.18. The van der Waals surface area contributed by atoms with Crippen molar-refractivity contribution in [1.82, 2.24) is 0 Å². The second-order valence-electron chi connectivity index (χ2n) is 4.09. The number of rotatable bonds is 4. The summed E-state index contributed by atoms with van der Waals surface area (Å²) < 4.78 is 31.5. The minimum absolute atomic E-state index is 0.000414. The summed E-state index contributed by atoms with van der Waals surface area (Å²) in [5.41, 5.74) is 0.610. The molecule has 0 atom stereocenters. The van der Waals surface area contributed by atoms with Crippen LogP contribution in [0.25, 0.3) is 0 Å². The second-order valence-corrected chi connectivity index (χ2v) is 4.50. The Morgan fingerprint density at radius 3 is 2.50 bits per heavy atom. The minimum atomic E-state index is -1.78. The van der Waals surface area contributed by atoms with E-state index in [0.29, 0.717) is 5.56 Å². The van der Waals surface area contributed by atoms with E-state index in [-0.39, 0.29) is 22.8 Å². The van der Waals surface area contributed by atoms with Crippen LogP contribution in [0.2, 0.25) is 5.02 Å². The van der Waals surface area contributed by atoms with Crippen LogP contribution in [-0.2, 0) is 6.61 Å². The molecule has 0 aromatic heterocycles. The molecule has 0 unspecified atom stereocenters. The van der Waals surface area contributed by atoms with E-state index in [9.17, 15) is 8.78 Å². The fourth-order valence-electron chi connectivity index (χ4n) is 1.64. The van der Waals surface area contributed by atoms with Gasteiger partial charge in [0.2, 0.25) is 0 Å². The summed E-state index contributed by atoms with van der Waals surface area (Å²) in [6.07, 6.45) is 0. The maximum atomic E-state index is 13.1. The number of benzene rings is 2. The second kappa shape index (κ2) is 6.22. The molecule has 7 heteroatoms. The van der Waals surface area contributed by atoms with E-state index < -0.39 is 18.8 Å². The highest BCUT2D eigenvalue weighted by atomic mass is 35.5. The van der Waals surface area contributed by atoms with Gasteiger partial charge in [-0.05, 0) is 23.8 Å². The van der Waals surface area contributed by atoms with Crippen LogP contribution in [0.4, 0.5) is 8.78 Å². The van der Waals surface area contributed by atoms with Crippen LogP contribution in [-0.4, -0.2) is 17.2 Å². The van der Waals surface area contributed by atoms with E-state index in [2.05, 4.69) is 0 Å².